The van der Waals surface area contributed by atoms with E-state index in [1.54, 1.807) is 43.3 Å². The number of benzene rings is 3. The van der Waals surface area contributed by atoms with Crippen LogP contribution in [-0.4, -0.2) is 15.0 Å². The fraction of sp³-hybridized carbons (Fsp3) is 0.111. The van der Waals surface area contributed by atoms with Crippen LogP contribution in [0.2, 0.25) is 10.0 Å². The van der Waals surface area contributed by atoms with Crippen molar-refractivity contribution in [2.45, 2.75) is 11.8 Å². The van der Waals surface area contributed by atoms with Crippen LogP contribution >= 0.6 is 23.2 Å². The standard InChI is InChI=1S/C18H15Cl2NO2S/c1-2-21(17-11-15(19)10-16(20)12-17)24(22,23)18-8-7-13-5-3-4-6-14(13)9-18/h3-12H,2H2,1H3. The summed E-state index contributed by atoms with van der Waals surface area (Å²) in [6, 6.07) is 17.5. The molecular weight excluding hydrogens is 365 g/mol. The second-order valence-electron chi connectivity index (χ2n) is 5.31. The molecule has 3 aromatic rings. The minimum absolute atomic E-state index is 0.235. The zero-order valence-corrected chi connectivity index (χ0v) is 15.2. The quantitative estimate of drug-likeness (QED) is 0.611. The summed E-state index contributed by atoms with van der Waals surface area (Å²) in [5.41, 5.74) is 0.447. The van der Waals surface area contributed by atoms with Gasteiger partial charge in [0.25, 0.3) is 10.0 Å². The molecule has 0 spiro atoms. The van der Waals surface area contributed by atoms with Gasteiger partial charge in [-0.1, -0.05) is 53.5 Å². The summed E-state index contributed by atoms with van der Waals surface area (Å²) >= 11 is 12.0. The third-order valence-electron chi connectivity index (χ3n) is 3.73. The van der Waals surface area contributed by atoms with E-state index in [1.165, 1.54) is 4.31 Å². The monoisotopic (exact) mass is 379 g/mol. The first kappa shape index (κ1) is 17.1. The lowest BCUT2D eigenvalue weighted by Gasteiger charge is -2.23. The van der Waals surface area contributed by atoms with E-state index in [4.69, 9.17) is 23.2 Å². The van der Waals surface area contributed by atoms with Gasteiger partial charge in [-0.2, -0.15) is 0 Å². The normalized spacial score (nSPS) is 11.6. The minimum atomic E-state index is -3.71. The molecule has 0 aliphatic heterocycles. The molecule has 24 heavy (non-hydrogen) atoms. The molecule has 0 radical (unpaired) electrons. The van der Waals surface area contributed by atoms with E-state index < -0.39 is 10.0 Å². The number of hydrogen-bond acceptors (Lipinski definition) is 2. The molecule has 0 N–H and O–H groups in total. The van der Waals surface area contributed by atoms with Gasteiger partial charge in [0.2, 0.25) is 0 Å². The first-order valence-corrected chi connectivity index (χ1v) is 9.59. The van der Waals surface area contributed by atoms with Gasteiger partial charge in [-0.05, 0) is 48.0 Å². The molecular formula is C18H15Cl2NO2S. The summed E-state index contributed by atoms with van der Waals surface area (Å²) in [7, 11) is -3.71. The maximum atomic E-state index is 13.1. The van der Waals surface area contributed by atoms with Crippen molar-refractivity contribution in [3.63, 3.8) is 0 Å². The Morgan fingerprint density at radius 2 is 1.50 bits per heavy atom. The number of fused-ring (bicyclic) bond motifs is 1. The Hall–Kier alpha value is -1.75. The Kier molecular flexibility index (Phi) is 4.72. The van der Waals surface area contributed by atoms with Gasteiger partial charge in [-0.25, -0.2) is 8.42 Å². The van der Waals surface area contributed by atoms with Crippen molar-refractivity contribution in [3.05, 3.63) is 70.7 Å². The smallest absolute Gasteiger partial charge is 0.264 e. The zero-order valence-electron chi connectivity index (χ0n) is 12.9. The van der Waals surface area contributed by atoms with E-state index in [1.807, 2.05) is 24.3 Å². The maximum Gasteiger partial charge on any atom is 0.264 e. The van der Waals surface area contributed by atoms with Crippen LogP contribution in [0.3, 0.4) is 0 Å². The van der Waals surface area contributed by atoms with E-state index in [-0.39, 0.29) is 11.4 Å². The van der Waals surface area contributed by atoms with Gasteiger partial charge < -0.3 is 0 Å². The van der Waals surface area contributed by atoms with Crippen LogP contribution in [0.4, 0.5) is 5.69 Å². The average Bonchev–Trinajstić information content (AvgIpc) is 2.54. The highest BCUT2D eigenvalue weighted by Crippen LogP contribution is 2.30. The molecule has 0 saturated carbocycles. The van der Waals surface area contributed by atoms with E-state index >= 15 is 0 Å². The molecule has 0 fully saturated rings. The largest absolute Gasteiger partial charge is 0.267 e. The Bertz CT molecular complexity index is 983. The number of halogens is 2. The lowest BCUT2D eigenvalue weighted by Crippen LogP contribution is -2.30. The third-order valence-corrected chi connectivity index (χ3v) is 6.07. The van der Waals surface area contributed by atoms with E-state index in [2.05, 4.69) is 0 Å². The lowest BCUT2D eigenvalue weighted by atomic mass is 10.1. The van der Waals surface area contributed by atoms with Crippen molar-refractivity contribution in [2.75, 3.05) is 10.8 Å². The molecule has 0 aliphatic rings. The van der Waals surface area contributed by atoms with Crippen LogP contribution in [0.5, 0.6) is 0 Å². The first-order chi connectivity index (χ1) is 11.4. The molecule has 0 heterocycles. The maximum absolute atomic E-state index is 13.1. The Morgan fingerprint density at radius 3 is 2.12 bits per heavy atom. The van der Waals surface area contributed by atoms with Crippen LogP contribution < -0.4 is 4.31 Å². The van der Waals surface area contributed by atoms with E-state index in [9.17, 15) is 8.42 Å². The molecule has 0 atom stereocenters. The molecule has 6 heteroatoms. The van der Waals surface area contributed by atoms with Gasteiger partial charge in [0, 0.05) is 16.6 Å². The Balaban J connectivity index is 2.12. The first-order valence-electron chi connectivity index (χ1n) is 7.39. The SMILES string of the molecule is CCN(c1cc(Cl)cc(Cl)c1)S(=O)(=O)c1ccc2ccccc2c1. The number of rotatable bonds is 4. The van der Waals surface area contributed by atoms with E-state index in [0.29, 0.717) is 15.7 Å². The summed E-state index contributed by atoms with van der Waals surface area (Å²) in [5.74, 6) is 0. The number of sulfonamides is 1. The van der Waals surface area contributed by atoms with Crippen molar-refractivity contribution in [1.82, 2.24) is 0 Å². The van der Waals surface area contributed by atoms with Crippen LogP contribution in [0.15, 0.2) is 65.6 Å². The summed E-state index contributed by atoms with van der Waals surface area (Å²) in [6.45, 7) is 2.04. The van der Waals surface area contributed by atoms with Crippen molar-refractivity contribution in [1.29, 1.82) is 0 Å². The number of anilines is 1. The van der Waals surface area contributed by atoms with Crippen LogP contribution in [0.25, 0.3) is 10.8 Å². The van der Waals surface area contributed by atoms with E-state index in [0.717, 1.165) is 10.8 Å². The number of nitrogens with zero attached hydrogens (tertiary/aromatic N) is 1. The second-order valence-corrected chi connectivity index (χ2v) is 8.04. The minimum Gasteiger partial charge on any atom is -0.267 e. The summed E-state index contributed by atoms with van der Waals surface area (Å²) in [5, 5.41) is 2.65. The van der Waals surface area contributed by atoms with Crippen molar-refractivity contribution < 1.29 is 8.42 Å². The average molecular weight is 380 g/mol. The van der Waals surface area contributed by atoms with Crippen molar-refractivity contribution >= 4 is 49.7 Å². The summed E-state index contributed by atoms with van der Waals surface area (Å²) < 4.78 is 27.4. The summed E-state index contributed by atoms with van der Waals surface area (Å²) in [4.78, 5) is 0.235. The van der Waals surface area contributed by atoms with Gasteiger partial charge in [-0.3, -0.25) is 4.31 Å². The van der Waals surface area contributed by atoms with Gasteiger partial charge >= 0.3 is 0 Å². The molecule has 0 saturated heterocycles. The predicted molar refractivity (Wildman–Crippen MR) is 101 cm³/mol. The molecule has 0 aromatic heterocycles. The second kappa shape index (κ2) is 6.63. The zero-order chi connectivity index (χ0) is 17.3. The van der Waals surface area contributed by atoms with Crippen molar-refractivity contribution in [2.24, 2.45) is 0 Å². The molecule has 3 nitrogen and oxygen atoms in total. The highest BCUT2D eigenvalue weighted by atomic mass is 35.5. The molecule has 124 valence electrons. The summed E-state index contributed by atoms with van der Waals surface area (Å²) in [6.07, 6.45) is 0. The van der Waals surface area contributed by atoms with Crippen LogP contribution in [-0.2, 0) is 10.0 Å². The van der Waals surface area contributed by atoms with Crippen LogP contribution in [0.1, 0.15) is 6.92 Å². The molecule has 0 unspecified atom stereocenters. The third kappa shape index (κ3) is 3.22. The van der Waals surface area contributed by atoms with Gasteiger partial charge in [0.05, 0.1) is 10.6 Å². The fourth-order valence-electron chi connectivity index (χ4n) is 2.63. The molecule has 3 rings (SSSR count). The number of hydrogen-bond donors (Lipinski definition) is 0. The highest BCUT2D eigenvalue weighted by Gasteiger charge is 2.24. The fourth-order valence-corrected chi connectivity index (χ4v) is 4.64. The molecule has 0 amide bonds. The lowest BCUT2D eigenvalue weighted by molar-refractivity contribution is 0.592. The highest BCUT2D eigenvalue weighted by molar-refractivity contribution is 7.92. The Labute approximate surface area is 151 Å². The van der Waals surface area contributed by atoms with Gasteiger partial charge in [0.15, 0.2) is 0 Å². The molecule has 0 bridgehead atoms. The molecule has 3 aromatic carbocycles. The van der Waals surface area contributed by atoms with Gasteiger partial charge in [-0.15, -0.1) is 0 Å². The Morgan fingerprint density at radius 1 is 0.875 bits per heavy atom. The van der Waals surface area contributed by atoms with Gasteiger partial charge in [0.1, 0.15) is 0 Å². The topological polar surface area (TPSA) is 37.4 Å². The predicted octanol–water partition coefficient (Wildman–Crippen LogP) is 5.36. The van der Waals surface area contributed by atoms with Crippen molar-refractivity contribution in [3.8, 4) is 0 Å². The van der Waals surface area contributed by atoms with Crippen LogP contribution in [0, 0.1) is 0 Å². The molecule has 0 aliphatic carbocycles.